The first-order valence-corrected chi connectivity index (χ1v) is 5.94. The van der Waals surface area contributed by atoms with E-state index in [1.807, 2.05) is 35.7 Å². The molecule has 1 atom stereocenters. The number of pyridine rings is 1. The zero-order valence-electron chi connectivity index (χ0n) is 8.63. The van der Waals surface area contributed by atoms with Crippen molar-refractivity contribution in [2.45, 2.75) is 24.5 Å². The van der Waals surface area contributed by atoms with Gasteiger partial charge >= 0.3 is 0 Å². The molecule has 0 saturated heterocycles. The highest BCUT2D eigenvalue weighted by Gasteiger charge is 2.04. The molecule has 0 bridgehead atoms. The number of nitrogens with two attached hydrogens (primary N) is 1. The van der Waals surface area contributed by atoms with Gasteiger partial charge in [0.25, 0.3) is 0 Å². The van der Waals surface area contributed by atoms with Gasteiger partial charge in [-0.2, -0.15) is 0 Å². The van der Waals surface area contributed by atoms with Crippen molar-refractivity contribution in [3.63, 3.8) is 0 Å². The van der Waals surface area contributed by atoms with E-state index in [4.69, 9.17) is 5.73 Å². The maximum atomic E-state index is 5.69. The second kappa shape index (κ2) is 4.63. The highest BCUT2D eigenvalue weighted by atomic mass is 32.2. The van der Waals surface area contributed by atoms with Crippen molar-refractivity contribution in [1.29, 1.82) is 0 Å². The summed E-state index contributed by atoms with van der Waals surface area (Å²) in [6, 6.07) is 6.13. The van der Waals surface area contributed by atoms with Gasteiger partial charge in [-0.05, 0) is 25.5 Å². The summed E-state index contributed by atoms with van der Waals surface area (Å²) in [4.78, 5) is 0. The van der Waals surface area contributed by atoms with Gasteiger partial charge in [0.15, 0.2) is 10.8 Å². The highest BCUT2D eigenvalue weighted by molar-refractivity contribution is 7.99. The second-order valence-corrected chi connectivity index (χ2v) is 4.59. The van der Waals surface area contributed by atoms with Crippen LogP contribution in [0.4, 0.5) is 0 Å². The molecular weight excluding hydrogens is 208 g/mol. The Kier molecular flexibility index (Phi) is 3.23. The van der Waals surface area contributed by atoms with Crippen LogP contribution in [0, 0.1) is 0 Å². The number of aromatic nitrogens is 3. The van der Waals surface area contributed by atoms with Crippen molar-refractivity contribution in [2.24, 2.45) is 5.73 Å². The molecule has 0 fully saturated rings. The number of hydrogen-bond acceptors (Lipinski definition) is 4. The van der Waals surface area contributed by atoms with Crippen LogP contribution in [0.5, 0.6) is 0 Å². The maximum Gasteiger partial charge on any atom is 0.195 e. The molecule has 0 radical (unpaired) electrons. The number of rotatable bonds is 4. The van der Waals surface area contributed by atoms with Gasteiger partial charge in [0, 0.05) is 18.0 Å². The molecule has 80 valence electrons. The Morgan fingerprint density at radius 1 is 1.47 bits per heavy atom. The standard InChI is InChI=1S/C10H14N4S/c1-8(11)5-7-15-10-13-12-9-4-2-3-6-14(9)10/h2-4,6,8H,5,7,11H2,1H3. The molecule has 2 N–H and O–H groups in total. The van der Waals surface area contributed by atoms with E-state index in [2.05, 4.69) is 10.2 Å². The summed E-state index contributed by atoms with van der Waals surface area (Å²) >= 11 is 1.69. The highest BCUT2D eigenvalue weighted by Crippen LogP contribution is 2.17. The van der Waals surface area contributed by atoms with Gasteiger partial charge in [-0.1, -0.05) is 17.8 Å². The molecule has 5 heteroatoms. The smallest absolute Gasteiger partial charge is 0.195 e. The lowest BCUT2D eigenvalue weighted by Gasteiger charge is -2.02. The van der Waals surface area contributed by atoms with E-state index in [0.717, 1.165) is 23.0 Å². The van der Waals surface area contributed by atoms with Crippen molar-refractivity contribution in [3.05, 3.63) is 24.4 Å². The van der Waals surface area contributed by atoms with Crippen molar-refractivity contribution in [3.8, 4) is 0 Å². The second-order valence-electron chi connectivity index (χ2n) is 3.53. The lowest BCUT2D eigenvalue weighted by molar-refractivity contribution is 0.720. The minimum Gasteiger partial charge on any atom is -0.328 e. The first-order chi connectivity index (χ1) is 7.27. The molecule has 2 rings (SSSR count). The first-order valence-electron chi connectivity index (χ1n) is 4.95. The fourth-order valence-corrected chi connectivity index (χ4v) is 2.32. The van der Waals surface area contributed by atoms with Crippen LogP contribution in [0.25, 0.3) is 5.65 Å². The number of nitrogens with zero attached hydrogens (tertiary/aromatic N) is 3. The summed E-state index contributed by atoms with van der Waals surface area (Å²) in [5.41, 5.74) is 6.58. The van der Waals surface area contributed by atoms with Gasteiger partial charge in [0.05, 0.1) is 0 Å². The van der Waals surface area contributed by atoms with Gasteiger partial charge in [0.1, 0.15) is 0 Å². The topological polar surface area (TPSA) is 56.2 Å². The molecule has 2 aromatic heterocycles. The van der Waals surface area contributed by atoms with Crippen LogP contribution in [0.15, 0.2) is 29.6 Å². The molecule has 0 aliphatic heterocycles. The summed E-state index contributed by atoms with van der Waals surface area (Å²) < 4.78 is 1.99. The molecule has 4 nitrogen and oxygen atoms in total. The minimum atomic E-state index is 0.247. The SMILES string of the molecule is CC(N)CCSc1nnc2ccccn12. The fourth-order valence-electron chi connectivity index (χ4n) is 1.25. The molecule has 2 heterocycles. The molecule has 0 saturated carbocycles. The molecule has 0 aliphatic carbocycles. The molecule has 0 spiro atoms. The Balaban J connectivity index is 2.08. The Morgan fingerprint density at radius 2 is 2.33 bits per heavy atom. The Labute approximate surface area is 92.9 Å². The van der Waals surface area contributed by atoms with Crippen LogP contribution < -0.4 is 5.73 Å². The van der Waals surface area contributed by atoms with Gasteiger partial charge < -0.3 is 5.73 Å². The molecule has 15 heavy (non-hydrogen) atoms. The quantitative estimate of drug-likeness (QED) is 0.798. The zero-order chi connectivity index (χ0) is 10.7. The van der Waals surface area contributed by atoms with Crippen molar-refractivity contribution < 1.29 is 0 Å². The van der Waals surface area contributed by atoms with E-state index < -0.39 is 0 Å². The Hall–Kier alpha value is -1.07. The number of thioether (sulfide) groups is 1. The van der Waals surface area contributed by atoms with E-state index in [9.17, 15) is 0 Å². The average molecular weight is 222 g/mol. The summed E-state index contributed by atoms with van der Waals surface area (Å²) in [6.45, 7) is 2.02. The van der Waals surface area contributed by atoms with E-state index in [0.29, 0.717) is 0 Å². The third-order valence-corrected chi connectivity index (χ3v) is 3.06. The first kappa shape index (κ1) is 10.4. The molecular formula is C10H14N4S. The number of hydrogen-bond donors (Lipinski definition) is 1. The normalized spacial score (nSPS) is 13.2. The summed E-state index contributed by atoms with van der Waals surface area (Å²) in [5, 5.41) is 9.14. The van der Waals surface area contributed by atoms with Crippen molar-refractivity contribution in [2.75, 3.05) is 5.75 Å². The molecule has 2 aromatic rings. The van der Waals surface area contributed by atoms with Crippen LogP contribution >= 0.6 is 11.8 Å². The van der Waals surface area contributed by atoms with Crippen molar-refractivity contribution in [1.82, 2.24) is 14.6 Å². The molecule has 0 amide bonds. The predicted molar refractivity (Wildman–Crippen MR) is 62.0 cm³/mol. The van der Waals surface area contributed by atoms with E-state index >= 15 is 0 Å². The van der Waals surface area contributed by atoms with Gasteiger partial charge in [0.2, 0.25) is 0 Å². The summed E-state index contributed by atoms with van der Waals surface area (Å²) in [5.74, 6) is 0.980. The van der Waals surface area contributed by atoms with Crippen LogP contribution in [-0.4, -0.2) is 26.4 Å². The largest absolute Gasteiger partial charge is 0.328 e. The predicted octanol–water partition coefficient (Wildman–Crippen LogP) is 1.56. The maximum absolute atomic E-state index is 5.69. The fraction of sp³-hybridized carbons (Fsp3) is 0.400. The van der Waals surface area contributed by atoms with E-state index in [1.165, 1.54) is 0 Å². The summed E-state index contributed by atoms with van der Waals surface area (Å²) in [7, 11) is 0. The zero-order valence-corrected chi connectivity index (χ0v) is 9.44. The summed E-state index contributed by atoms with van der Waals surface area (Å²) in [6.07, 6.45) is 2.97. The van der Waals surface area contributed by atoms with Crippen LogP contribution in [0.3, 0.4) is 0 Å². The third-order valence-electron chi connectivity index (χ3n) is 2.09. The van der Waals surface area contributed by atoms with E-state index in [-0.39, 0.29) is 6.04 Å². The van der Waals surface area contributed by atoms with Crippen molar-refractivity contribution >= 4 is 17.4 Å². The minimum absolute atomic E-state index is 0.247. The molecule has 1 unspecified atom stereocenters. The van der Waals surface area contributed by atoms with E-state index in [1.54, 1.807) is 11.8 Å². The van der Waals surface area contributed by atoms with Gasteiger partial charge in [-0.25, -0.2) is 0 Å². The molecule has 0 aromatic carbocycles. The van der Waals surface area contributed by atoms with Gasteiger partial charge in [-0.3, -0.25) is 4.40 Å². The molecule has 0 aliphatic rings. The lowest BCUT2D eigenvalue weighted by Crippen LogP contribution is -2.15. The monoisotopic (exact) mass is 222 g/mol. The van der Waals surface area contributed by atoms with Crippen LogP contribution in [-0.2, 0) is 0 Å². The lowest BCUT2D eigenvalue weighted by atomic mass is 10.3. The number of fused-ring (bicyclic) bond motifs is 1. The Morgan fingerprint density at radius 3 is 3.13 bits per heavy atom. The van der Waals surface area contributed by atoms with Crippen LogP contribution in [0.1, 0.15) is 13.3 Å². The van der Waals surface area contributed by atoms with Crippen LogP contribution in [0.2, 0.25) is 0 Å². The average Bonchev–Trinajstić information content (AvgIpc) is 2.62. The third kappa shape index (κ3) is 2.49. The van der Waals surface area contributed by atoms with Gasteiger partial charge in [-0.15, -0.1) is 10.2 Å². The Bertz CT molecular complexity index is 438.